The number of thioether (sulfide) groups is 1. The Morgan fingerprint density at radius 2 is 1.85 bits per heavy atom. The zero-order chi connectivity index (χ0) is 23.4. The average Bonchev–Trinajstić information content (AvgIpc) is 3.26. The van der Waals surface area contributed by atoms with Crippen molar-refractivity contribution < 1.29 is 9.18 Å². The molecule has 0 bridgehead atoms. The number of amides is 1. The van der Waals surface area contributed by atoms with Gasteiger partial charge in [-0.1, -0.05) is 42.1 Å². The molecule has 4 rings (SSSR count). The molecule has 0 fully saturated rings. The Bertz CT molecular complexity index is 1240. The molecule has 2 aromatic carbocycles. The molecule has 0 radical (unpaired) electrons. The highest BCUT2D eigenvalue weighted by Crippen LogP contribution is 2.30. The summed E-state index contributed by atoms with van der Waals surface area (Å²) in [5.74, 6) is 0.508. The summed E-state index contributed by atoms with van der Waals surface area (Å²) < 4.78 is 15.2. The predicted octanol–water partition coefficient (Wildman–Crippen LogP) is 5.09. The minimum atomic E-state index is -0.296. The molecule has 33 heavy (non-hydrogen) atoms. The molecule has 4 aromatic rings. The monoisotopic (exact) mass is 461 g/mol. The zero-order valence-electron chi connectivity index (χ0n) is 18.6. The molecule has 0 spiro atoms. The van der Waals surface area contributed by atoms with Crippen LogP contribution in [0, 0.1) is 12.7 Å². The van der Waals surface area contributed by atoms with Gasteiger partial charge >= 0.3 is 0 Å². The number of hydrogen-bond donors (Lipinski definition) is 0. The second kappa shape index (κ2) is 9.95. The SMILES string of the molecule is Cc1ccccc1-n1c(SCC(=O)N(C)C(C)c2ccc(F)cc2)nnc1-c1cccnc1. The number of para-hydroxylation sites is 1. The van der Waals surface area contributed by atoms with Gasteiger partial charge in [0.2, 0.25) is 5.91 Å². The van der Waals surface area contributed by atoms with Crippen LogP contribution in [0.15, 0.2) is 78.2 Å². The molecule has 0 aliphatic rings. The van der Waals surface area contributed by atoms with Gasteiger partial charge in [-0.25, -0.2) is 4.39 Å². The van der Waals surface area contributed by atoms with Crippen LogP contribution in [0.4, 0.5) is 4.39 Å². The summed E-state index contributed by atoms with van der Waals surface area (Å²) in [5, 5.41) is 9.42. The molecule has 0 saturated heterocycles. The number of halogens is 1. The Labute approximate surface area is 196 Å². The summed E-state index contributed by atoms with van der Waals surface area (Å²) in [6.07, 6.45) is 3.46. The van der Waals surface area contributed by atoms with Gasteiger partial charge in [0.25, 0.3) is 0 Å². The highest BCUT2D eigenvalue weighted by Gasteiger charge is 2.21. The molecule has 8 heteroatoms. The Kier molecular flexibility index (Phi) is 6.84. The van der Waals surface area contributed by atoms with Crippen LogP contribution in [0.1, 0.15) is 24.1 Å². The lowest BCUT2D eigenvalue weighted by Crippen LogP contribution is -2.31. The first-order valence-corrected chi connectivity index (χ1v) is 11.5. The first kappa shape index (κ1) is 22.7. The number of carbonyl (C=O) groups excluding carboxylic acids is 1. The number of benzene rings is 2. The standard InChI is InChI=1S/C25H24FN5OS/c1-17-7-4-5-9-22(17)31-24(20-8-6-14-27-15-20)28-29-25(31)33-16-23(32)30(3)18(2)19-10-12-21(26)13-11-19/h4-15,18H,16H2,1-3H3. The summed E-state index contributed by atoms with van der Waals surface area (Å²) in [6, 6.07) is 17.8. The number of pyridine rings is 1. The number of hydrogen-bond acceptors (Lipinski definition) is 5. The molecule has 6 nitrogen and oxygen atoms in total. The van der Waals surface area contributed by atoms with Crippen molar-refractivity contribution in [3.8, 4) is 17.1 Å². The van der Waals surface area contributed by atoms with Crippen LogP contribution >= 0.6 is 11.8 Å². The van der Waals surface area contributed by atoms with E-state index in [1.807, 2.05) is 54.8 Å². The van der Waals surface area contributed by atoms with E-state index in [1.54, 1.807) is 36.5 Å². The Balaban J connectivity index is 1.58. The quantitative estimate of drug-likeness (QED) is 0.359. The van der Waals surface area contributed by atoms with Gasteiger partial charge in [0.1, 0.15) is 5.82 Å². The maximum atomic E-state index is 13.2. The largest absolute Gasteiger partial charge is 0.338 e. The molecular formula is C25H24FN5OS. The zero-order valence-corrected chi connectivity index (χ0v) is 19.5. The molecule has 1 atom stereocenters. The second-order valence-electron chi connectivity index (χ2n) is 7.69. The van der Waals surface area contributed by atoms with E-state index >= 15 is 0 Å². The number of aromatic nitrogens is 4. The van der Waals surface area contributed by atoms with Crippen LogP contribution in [0.5, 0.6) is 0 Å². The molecule has 0 saturated carbocycles. The smallest absolute Gasteiger partial charge is 0.233 e. The fraction of sp³-hybridized carbons (Fsp3) is 0.200. The van der Waals surface area contributed by atoms with E-state index in [9.17, 15) is 9.18 Å². The third kappa shape index (κ3) is 4.96. The van der Waals surface area contributed by atoms with E-state index in [1.165, 1.54) is 23.9 Å². The summed E-state index contributed by atoms with van der Waals surface area (Å²) in [5.41, 5.74) is 3.73. The Morgan fingerprint density at radius 3 is 2.55 bits per heavy atom. The first-order valence-electron chi connectivity index (χ1n) is 10.5. The summed E-state index contributed by atoms with van der Waals surface area (Å²) >= 11 is 1.34. The molecule has 0 aliphatic carbocycles. The third-order valence-corrected chi connectivity index (χ3v) is 6.47. The lowest BCUT2D eigenvalue weighted by molar-refractivity contribution is -0.128. The van der Waals surface area contributed by atoms with Crippen molar-refractivity contribution >= 4 is 17.7 Å². The first-order chi connectivity index (χ1) is 16.0. The second-order valence-corrected chi connectivity index (χ2v) is 8.63. The highest BCUT2D eigenvalue weighted by molar-refractivity contribution is 7.99. The summed E-state index contributed by atoms with van der Waals surface area (Å²) in [6.45, 7) is 3.95. The molecule has 0 aliphatic heterocycles. The molecule has 0 N–H and O–H groups in total. The van der Waals surface area contributed by atoms with Crippen LogP contribution in [-0.4, -0.2) is 43.4 Å². The van der Waals surface area contributed by atoms with Crippen molar-refractivity contribution in [2.24, 2.45) is 0 Å². The van der Waals surface area contributed by atoms with E-state index in [2.05, 4.69) is 15.2 Å². The van der Waals surface area contributed by atoms with Crippen LogP contribution < -0.4 is 0 Å². The maximum absolute atomic E-state index is 13.2. The predicted molar refractivity (Wildman–Crippen MR) is 128 cm³/mol. The Hall–Kier alpha value is -3.52. The van der Waals surface area contributed by atoms with Crippen molar-refractivity contribution in [3.63, 3.8) is 0 Å². The summed E-state index contributed by atoms with van der Waals surface area (Å²) in [7, 11) is 1.75. The van der Waals surface area contributed by atoms with E-state index in [4.69, 9.17) is 0 Å². The van der Waals surface area contributed by atoms with E-state index in [0.29, 0.717) is 11.0 Å². The van der Waals surface area contributed by atoms with Gasteiger partial charge in [-0.2, -0.15) is 0 Å². The fourth-order valence-corrected chi connectivity index (χ4v) is 4.35. The maximum Gasteiger partial charge on any atom is 0.233 e. The number of rotatable bonds is 7. The number of aryl methyl sites for hydroxylation is 1. The van der Waals surface area contributed by atoms with Crippen molar-refractivity contribution in [2.45, 2.75) is 25.0 Å². The van der Waals surface area contributed by atoms with Crippen molar-refractivity contribution in [1.29, 1.82) is 0 Å². The van der Waals surface area contributed by atoms with Gasteiger partial charge in [-0.3, -0.25) is 14.3 Å². The van der Waals surface area contributed by atoms with Crippen LogP contribution in [0.2, 0.25) is 0 Å². The summed E-state index contributed by atoms with van der Waals surface area (Å²) in [4.78, 5) is 18.8. The van der Waals surface area contributed by atoms with E-state index in [-0.39, 0.29) is 23.5 Å². The molecule has 168 valence electrons. The lowest BCUT2D eigenvalue weighted by atomic mass is 10.1. The normalized spacial score (nSPS) is 11.9. The minimum absolute atomic E-state index is 0.0564. The minimum Gasteiger partial charge on any atom is -0.338 e. The molecule has 1 amide bonds. The molecule has 2 aromatic heterocycles. The van der Waals surface area contributed by atoms with Crippen LogP contribution in [0.3, 0.4) is 0 Å². The van der Waals surface area contributed by atoms with E-state index in [0.717, 1.165) is 22.4 Å². The van der Waals surface area contributed by atoms with Gasteiger partial charge in [0, 0.05) is 25.0 Å². The highest BCUT2D eigenvalue weighted by atomic mass is 32.2. The van der Waals surface area contributed by atoms with Crippen molar-refractivity contribution in [2.75, 3.05) is 12.8 Å². The van der Waals surface area contributed by atoms with Crippen LogP contribution in [0.25, 0.3) is 17.1 Å². The van der Waals surface area contributed by atoms with Gasteiger partial charge < -0.3 is 4.90 Å². The molecular weight excluding hydrogens is 437 g/mol. The number of carbonyl (C=O) groups is 1. The molecule has 2 heterocycles. The van der Waals surface area contributed by atoms with Gasteiger partial charge in [0.15, 0.2) is 11.0 Å². The fourth-order valence-electron chi connectivity index (χ4n) is 3.49. The average molecular weight is 462 g/mol. The van der Waals surface area contributed by atoms with Crippen molar-refractivity contribution in [3.05, 3.63) is 90.0 Å². The lowest BCUT2D eigenvalue weighted by Gasteiger charge is -2.25. The topological polar surface area (TPSA) is 63.9 Å². The number of nitrogens with zero attached hydrogens (tertiary/aromatic N) is 5. The van der Waals surface area contributed by atoms with Crippen LogP contribution in [-0.2, 0) is 4.79 Å². The van der Waals surface area contributed by atoms with Gasteiger partial charge in [-0.15, -0.1) is 10.2 Å². The van der Waals surface area contributed by atoms with Crippen molar-refractivity contribution in [1.82, 2.24) is 24.6 Å². The Morgan fingerprint density at radius 1 is 1.09 bits per heavy atom. The van der Waals surface area contributed by atoms with Gasteiger partial charge in [0.05, 0.1) is 17.5 Å². The molecule has 1 unspecified atom stereocenters. The third-order valence-electron chi connectivity index (χ3n) is 5.56. The van der Waals surface area contributed by atoms with Gasteiger partial charge in [-0.05, 0) is 55.3 Å². The van der Waals surface area contributed by atoms with E-state index < -0.39 is 0 Å².